The standard InChI is InChI=1S/C22H32N2O2/c1-15(20-12-16-8-9-17(20)11-16)23-22(25)14-24-10-4-7-21(24)18-5-3-6-19(13-18)26-2/h3,5-6,13,15-17,20-21H,4,7-12,14H2,1-2H3,(H,23,25). The number of nitrogens with zero attached hydrogens (tertiary/aromatic N) is 1. The van der Waals surface area contributed by atoms with Crippen LogP contribution in [0.4, 0.5) is 0 Å². The number of rotatable bonds is 6. The molecule has 1 aromatic rings. The Morgan fingerprint density at radius 1 is 1.31 bits per heavy atom. The minimum Gasteiger partial charge on any atom is -0.497 e. The second-order valence-corrected chi connectivity index (χ2v) is 8.60. The first-order chi connectivity index (χ1) is 12.6. The molecule has 1 aromatic carbocycles. The monoisotopic (exact) mass is 356 g/mol. The van der Waals surface area contributed by atoms with E-state index in [4.69, 9.17) is 4.74 Å². The zero-order valence-corrected chi connectivity index (χ0v) is 16.1. The van der Waals surface area contributed by atoms with Gasteiger partial charge in [0, 0.05) is 12.1 Å². The van der Waals surface area contributed by atoms with E-state index in [1.54, 1.807) is 7.11 Å². The van der Waals surface area contributed by atoms with Gasteiger partial charge in [-0.1, -0.05) is 18.6 Å². The van der Waals surface area contributed by atoms with Crippen molar-refractivity contribution in [1.82, 2.24) is 10.2 Å². The number of carbonyl (C=O) groups excluding carboxylic acids is 1. The van der Waals surface area contributed by atoms with Gasteiger partial charge in [0.25, 0.3) is 0 Å². The molecule has 0 spiro atoms. The van der Waals surface area contributed by atoms with Crippen LogP contribution >= 0.6 is 0 Å². The number of nitrogens with one attached hydrogen (secondary N) is 1. The average Bonchev–Trinajstić information content (AvgIpc) is 3.38. The zero-order chi connectivity index (χ0) is 18.1. The summed E-state index contributed by atoms with van der Waals surface area (Å²) in [5.74, 6) is 3.57. The smallest absolute Gasteiger partial charge is 0.234 e. The van der Waals surface area contributed by atoms with Gasteiger partial charge in [-0.15, -0.1) is 0 Å². The highest BCUT2D eigenvalue weighted by Crippen LogP contribution is 2.49. The lowest BCUT2D eigenvalue weighted by Gasteiger charge is -2.30. The van der Waals surface area contributed by atoms with Crippen LogP contribution in [-0.4, -0.2) is 37.0 Å². The molecule has 2 bridgehead atoms. The Morgan fingerprint density at radius 3 is 2.92 bits per heavy atom. The van der Waals surface area contributed by atoms with Crippen molar-refractivity contribution in [3.63, 3.8) is 0 Å². The van der Waals surface area contributed by atoms with E-state index in [0.717, 1.165) is 37.0 Å². The fraction of sp³-hybridized carbons (Fsp3) is 0.682. The molecule has 4 heteroatoms. The summed E-state index contributed by atoms with van der Waals surface area (Å²) in [4.78, 5) is 15.0. The molecule has 1 heterocycles. The first-order valence-corrected chi connectivity index (χ1v) is 10.3. The first kappa shape index (κ1) is 17.8. The first-order valence-electron chi connectivity index (χ1n) is 10.3. The Balaban J connectivity index is 1.34. The van der Waals surface area contributed by atoms with Gasteiger partial charge in [0.05, 0.1) is 13.7 Å². The van der Waals surface area contributed by atoms with Gasteiger partial charge in [0.15, 0.2) is 0 Å². The number of fused-ring (bicyclic) bond motifs is 2. The van der Waals surface area contributed by atoms with E-state index in [2.05, 4.69) is 29.3 Å². The van der Waals surface area contributed by atoms with Gasteiger partial charge >= 0.3 is 0 Å². The van der Waals surface area contributed by atoms with Gasteiger partial charge in [-0.25, -0.2) is 0 Å². The average molecular weight is 357 g/mol. The molecule has 1 saturated heterocycles. The minimum absolute atomic E-state index is 0.190. The Bertz CT molecular complexity index is 647. The lowest BCUT2D eigenvalue weighted by molar-refractivity contribution is -0.123. The molecule has 0 aromatic heterocycles. The van der Waals surface area contributed by atoms with Crippen molar-refractivity contribution in [2.45, 2.75) is 57.5 Å². The highest BCUT2D eigenvalue weighted by Gasteiger charge is 2.42. The lowest BCUT2D eigenvalue weighted by atomic mass is 9.84. The van der Waals surface area contributed by atoms with Gasteiger partial charge in [0.2, 0.25) is 5.91 Å². The predicted molar refractivity (Wildman–Crippen MR) is 103 cm³/mol. The van der Waals surface area contributed by atoms with Crippen LogP contribution < -0.4 is 10.1 Å². The van der Waals surface area contributed by atoms with Crippen molar-refractivity contribution in [3.8, 4) is 5.75 Å². The number of hydrogen-bond acceptors (Lipinski definition) is 3. The second kappa shape index (κ2) is 7.59. The summed E-state index contributed by atoms with van der Waals surface area (Å²) >= 11 is 0. The number of carbonyl (C=O) groups is 1. The van der Waals surface area contributed by atoms with Crippen molar-refractivity contribution in [3.05, 3.63) is 29.8 Å². The Kier molecular flexibility index (Phi) is 5.21. The van der Waals surface area contributed by atoms with E-state index in [9.17, 15) is 4.79 Å². The van der Waals surface area contributed by atoms with Gasteiger partial charge < -0.3 is 10.1 Å². The molecule has 26 heavy (non-hydrogen) atoms. The molecule has 142 valence electrons. The highest BCUT2D eigenvalue weighted by molar-refractivity contribution is 5.78. The summed E-state index contributed by atoms with van der Waals surface area (Å²) in [7, 11) is 1.70. The van der Waals surface area contributed by atoms with Gasteiger partial charge in [0.1, 0.15) is 5.75 Å². The van der Waals surface area contributed by atoms with Crippen molar-refractivity contribution in [2.24, 2.45) is 17.8 Å². The van der Waals surface area contributed by atoms with E-state index >= 15 is 0 Å². The topological polar surface area (TPSA) is 41.6 Å². The third kappa shape index (κ3) is 3.62. The Morgan fingerprint density at radius 2 is 2.19 bits per heavy atom. The fourth-order valence-corrected chi connectivity index (χ4v) is 5.74. The second-order valence-electron chi connectivity index (χ2n) is 8.60. The number of likely N-dealkylation sites (tertiary alicyclic amines) is 1. The van der Waals surface area contributed by atoms with Crippen molar-refractivity contribution >= 4 is 5.91 Å². The number of methoxy groups -OCH3 is 1. The molecule has 3 aliphatic rings. The van der Waals surface area contributed by atoms with Crippen LogP contribution in [0.25, 0.3) is 0 Å². The number of hydrogen-bond donors (Lipinski definition) is 1. The summed E-state index contributed by atoms with van der Waals surface area (Å²) in [6, 6.07) is 8.93. The van der Waals surface area contributed by atoms with Crippen LogP contribution in [0.1, 0.15) is 57.1 Å². The molecule has 2 aliphatic carbocycles. The van der Waals surface area contributed by atoms with Crippen LogP contribution in [0.5, 0.6) is 5.75 Å². The predicted octanol–water partition coefficient (Wildman–Crippen LogP) is 3.77. The largest absolute Gasteiger partial charge is 0.497 e. The molecule has 5 atom stereocenters. The summed E-state index contributed by atoms with van der Waals surface area (Å²) < 4.78 is 5.37. The number of benzene rings is 1. The maximum atomic E-state index is 12.7. The molecule has 1 amide bonds. The van der Waals surface area contributed by atoms with E-state index in [1.165, 1.54) is 31.2 Å². The molecule has 0 radical (unpaired) electrons. The minimum atomic E-state index is 0.190. The highest BCUT2D eigenvalue weighted by atomic mass is 16.5. The molecular formula is C22H32N2O2. The van der Waals surface area contributed by atoms with Crippen molar-refractivity contribution in [1.29, 1.82) is 0 Å². The van der Waals surface area contributed by atoms with Gasteiger partial charge in [-0.3, -0.25) is 9.69 Å². The Hall–Kier alpha value is -1.55. The van der Waals surface area contributed by atoms with Crippen LogP contribution in [0, 0.1) is 17.8 Å². The van der Waals surface area contributed by atoms with E-state index in [-0.39, 0.29) is 5.91 Å². The maximum Gasteiger partial charge on any atom is 0.234 e. The molecule has 4 rings (SSSR count). The lowest BCUT2D eigenvalue weighted by Crippen LogP contribution is -2.44. The maximum absolute atomic E-state index is 12.7. The molecule has 1 N–H and O–H groups in total. The molecule has 2 saturated carbocycles. The van der Waals surface area contributed by atoms with E-state index in [0.29, 0.717) is 24.5 Å². The quantitative estimate of drug-likeness (QED) is 0.843. The third-order valence-corrected chi connectivity index (χ3v) is 7.01. The summed E-state index contributed by atoms with van der Waals surface area (Å²) in [6.45, 7) is 3.72. The molecule has 4 nitrogen and oxygen atoms in total. The van der Waals surface area contributed by atoms with Crippen LogP contribution in [0.2, 0.25) is 0 Å². The van der Waals surface area contributed by atoms with Crippen molar-refractivity contribution < 1.29 is 9.53 Å². The normalized spacial score (nSPS) is 31.9. The summed E-state index contributed by atoms with van der Waals surface area (Å²) in [6.07, 6.45) is 7.77. The zero-order valence-electron chi connectivity index (χ0n) is 16.1. The van der Waals surface area contributed by atoms with Crippen molar-refractivity contribution in [2.75, 3.05) is 20.2 Å². The molecule has 3 fully saturated rings. The Labute approximate surface area is 157 Å². The SMILES string of the molecule is COc1cccc(C2CCCN2CC(=O)NC(C)C2CC3CCC2C3)c1. The van der Waals surface area contributed by atoms with Crippen LogP contribution in [0.3, 0.4) is 0 Å². The molecule has 5 unspecified atom stereocenters. The fourth-order valence-electron chi connectivity index (χ4n) is 5.74. The molecule has 1 aliphatic heterocycles. The van der Waals surface area contributed by atoms with Gasteiger partial charge in [-0.05, 0) is 81.0 Å². The van der Waals surface area contributed by atoms with Crippen LogP contribution in [-0.2, 0) is 4.79 Å². The molecular weight excluding hydrogens is 324 g/mol. The summed E-state index contributed by atoms with van der Waals surface area (Å²) in [5, 5.41) is 3.32. The summed E-state index contributed by atoms with van der Waals surface area (Å²) in [5.41, 5.74) is 1.26. The number of ether oxygens (including phenoxy) is 1. The van der Waals surface area contributed by atoms with E-state index in [1.807, 2.05) is 12.1 Å². The van der Waals surface area contributed by atoms with Crippen LogP contribution in [0.15, 0.2) is 24.3 Å². The third-order valence-electron chi connectivity index (χ3n) is 7.01. The van der Waals surface area contributed by atoms with Gasteiger partial charge in [-0.2, -0.15) is 0 Å². The number of amides is 1. The van der Waals surface area contributed by atoms with E-state index < -0.39 is 0 Å².